The Kier molecular flexibility index (Phi) is 4.33. The molecule has 0 aliphatic heterocycles. The first-order valence-corrected chi connectivity index (χ1v) is 9.31. The molecule has 1 heterocycles. The number of hydrogen-bond acceptors (Lipinski definition) is 2. The highest BCUT2D eigenvalue weighted by molar-refractivity contribution is 14.1. The van der Waals surface area contributed by atoms with Gasteiger partial charge in [-0.05, 0) is 77.2 Å². The quantitative estimate of drug-likeness (QED) is 0.315. The van der Waals surface area contributed by atoms with Crippen molar-refractivity contribution in [2.24, 2.45) is 0 Å². The van der Waals surface area contributed by atoms with Gasteiger partial charge in [0.25, 0.3) is 0 Å². The number of benzene rings is 3. The van der Waals surface area contributed by atoms with Gasteiger partial charge in [-0.3, -0.25) is 0 Å². The molecule has 0 unspecified atom stereocenters. The van der Waals surface area contributed by atoms with Crippen molar-refractivity contribution in [3.63, 3.8) is 0 Å². The Morgan fingerprint density at radius 3 is 2.38 bits per heavy atom. The van der Waals surface area contributed by atoms with Gasteiger partial charge < -0.3 is 4.42 Å². The molecule has 0 aliphatic rings. The third-order valence-corrected chi connectivity index (χ3v) is 5.46. The number of rotatable bonds is 3. The molecule has 0 radical (unpaired) electrons. The highest BCUT2D eigenvalue weighted by Crippen LogP contribution is 2.43. The fraction of sp³-hybridized carbons (Fsp3) is 0. The second-order valence-electron chi connectivity index (χ2n) is 5.32. The Morgan fingerprint density at radius 2 is 1.62 bits per heavy atom. The molecule has 1 aromatic heterocycles. The van der Waals surface area contributed by atoms with Crippen LogP contribution in [-0.4, -0.2) is 0 Å². The van der Waals surface area contributed by atoms with E-state index in [4.69, 9.17) is 4.42 Å². The zero-order valence-electron chi connectivity index (χ0n) is 12.5. The standard InChI is InChI=1S/C20H12FIOS/c21-14-8-6-13(7-9-14)19-20(24-16-4-2-1-3-5-16)17-12-15(22)10-11-18(17)23-19/h1-12H. The van der Waals surface area contributed by atoms with Crippen molar-refractivity contribution >= 4 is 45.3 Å². The Hall–Kier alpha value is -1.79. The Morgan fingerprint density at radius 1 is 0.875 bits per heavy atom. The molecule has 0 saturated carbocycles. The van der Waals surface area contributed by atoms with Crippen LogP contribution in [0.2, 0.25) is 0 Å². The highest BCUT2D eigenvalue weighted by Gasteiger charge is 2.17. The Labute approximate surface area is 157 Å². The lowest BCUT2D eigenvalue weighted by Crippen LogP contribution is -1.80. The monoisotopic (exact) mass is 446 g/mol. The van der Waals surface area contributed by atoms with Gasteiger partial charge >= 0.3 is 0 Å². The summed E-state index contributed by atoms with van der Waals surface area (Å²) in [6.45, 7) is 0. The summed E-state index contributed by atoms with van der Waals surface area (Å²) in [7, 11) is 0. The summed E-state index contributed by atoms with van der Waals surface area (Å²) < 4.78 is 20.5. The largest absolute Gasteiger partial charge is 0.455 e. The molecule has 1 nitrogen and oxygen atoms in total. The first kappa shape index (κ1) is 15.7. The average Bonchev–Trinajstić information content (AvgIpc) is 2.94. The van der Waals surface area contributed by atoms with Gasteiger partial charge in [-0.25, -0.2) is 4.39 Å². The molecular weight excluding hydrogens is 434 g/mol. The van der Waals surface area contributed by atoms with E-state index in [1.807, 2.05) is 30.3 Å². The molecule has 0 spiro atoms. The fourth-order valence-electron chi connectivity index (χ4n) is 2.55. The predicted octanol–water partition coefficient (Wildman–Crippen LogP) is 6.99. The van der Waals surface area contributed by atoms with Crippen LogP contribution in [0.15, 0.2) is 87.0 Å². The van der Waals surface area contributed by atoms with Crippen molar-refractivity contribution in [3.05, 3.63) is 82.2 Å². The lowest BCUT2D eigenvalue weighted by molar-refractivity contribution is 0.619. The van der Waals surface area contributed by atoms with Crippen LogP contribution < -0.4 is 0 Å². The van der Waals surface area contributed by atoms with Gasteiger partial charge in [0.15, 0.2) is 0 Å². The minimum absolute atomic E-state index is 0.248. The summed E-state index contributed by atoms with van der Waals surface area (Å²) in [6, 6.07) is 22.8. The lowest BCUT2D eigenvalue weighted by Gasteiger charge is -2.04. The smallest absolute Gasteiger partial charge is 0.149 e. The average molecular weight is 446 g/mol. The summed E-state index contributed by atoms with van der Waals surface area (Å²) >= 11 is 3.97. The van der Waals surface area contributed by atoms with E-state index in [2.05, 4.69) is 40.8 Å². The van der Waals surface area contributed by atoms with E-state index in [1.54, 1.807) is 23.9 Å². The molecular formula is C20H12FIOS. The zero-order valence-corrected chi connectivity index (χ0v) is 15.5. The topological polar surface area (TPSA) is 13.1 Å². The number of halogens is 2. The molecule has 0 aliphatic carbocycles. The van der Waals surface area contributed by atoms with Crippen molar-refractivity contribution in [2.75, 3.05) is 0 Å². The van der Waals surface area contributed by atoms with Gasteiger partial charge in [-0.2, -0.15) is 0 Å². The third-order valence-electron chi connectivity index (χ3n) is 3.67. The molecule has 4 rings (SSSR count). The second kappa shape index (κ2) is 6.61. The number of hydrogen-bond donors (Lipinski definition) is 0. The van der Waals surface area contributed by atoms with Gasteiger partial charge in [-0.15, -0.1) is 0 Å². The minimum Gasteiger partial charge on any atom is -0.455 e. The first-order chi connectivity index (χ1) is 11.7. The molecule has 0 atom stereocenters. The highest BCUT2D eigenvalue weighted by atomic mass is 127. The van der Waals surface area contributed by atoms with Crippen LogP contribution in [-0.2, 0) is 0 Å². The van der Waals surface area contributed by atoms with E-state index in [0.29, 0.717) is 0 Å². The van der Waals surface area contributed by atoms with E-state index < -0.39 is 0 Å². The fourth-order valence-corrected chi connectivity index (χ4v) is 4.09. The predicted molar refractivity (Wildman–Crippen MR) is 105 cm³/mol. The van der Waals surface area contributed by atoms with Crippen molar-refractivity contribution in [1.29, 1.82) is 0 Å². The van der Waals surface area contributed by atoms with E-state index in [9.17, 15) is 4.39 Å². The summed E-state index contributed by atoms with van der Waals surface area (Å²) in [5, 5.41) is 1.08. The number of furan rings is 1. The van der Waals surface area contributed by atoms with Crippen molar-refractivity contribution in [2.45, 2.75) is 9.79 Å². The van der Waals surface area contributed by atoms with Gasteiger partial charge in [-0.1, -0.05) is 30.0 Å². The van der Waals surface area contributed by atoms with Crippen LogP contribution in [0, 0.1) is 9.39 Å². The van der Waals surface area contributed by atoms with E-state index in [0.717, 1.165) is 35.7 Å². The molecule has 0 N–H and O–H groups in total. The van der Waals surface area contributed by atoms with Gasteiger partial charge in [0.05, 0.1) is 4.90 Å². The maximum Gasteiger partial charge on any atom is 0.149 e. The van der Waals surface area contributed by atoms with Gasteiger partial charge in [0, 0.05) is 19.4 Å². The van der Waals surface area contributed by atoms with Gasteiger partial charge in [0.2, 0.25) is 0 Å². The van der Waals surface area contributed by atoms with Crippen LogP contribution in [0.25, 0.3) is 22.3 Å². The van der Waals surface area contributed by atoms with Crippen LogP contribution in [0.3, 0.4) is 0 Å². The third kappa shape index (κ3) is 3.08. The SMILES string of the molecule is Fc1ccc(-c2oc3ccc(I)cc3c2Sc2ccccc2)cc1. The molecule has 0 fully saturated rings. The minimum atomic E-state index is -0.248. The maximum atomic E-state index is 13.3. The Balaban J connectivity index is 1.91. The van der Waals surface area contributed by atoms with E-state index in [1.165, 1.54) is 12.1 Å². The molecule has 24 heavy (non-hydrogen) atoms. The zero-order chi connectivity index (χ0) is 16.5. The second-order valence-corrected chi connectivity index (χ2v) is 7.65. The van der Waals surface area contributed by atoms with Gasteiger partial charge in [0.1, 0.15) is 17.2 Å². The summed E-state index contributed by atoms with van der Waals surface area (Å²) in [4.78, 5) is 2.20. The van der Waals surface area contributed by atoms with E-state index >= 15 is 0 Å². The van der Waals surface area contributed by atoms with Crippen LogP contribution in [0.5, 0.6) is 0 Å². The van der Waals surface area contributed by atoms with E-state index in [-0.39, 0.29) is 5.82 Å². The number of fused-ring (bicyclic) bond motifs is 1. The van der Waals surface area contributed by atoms with Crippen molar-refractivity contribution < 1.29 is 8.81 Å². The molecule has 3 aromatic carbocycles. The lowest BCUT2D eigenvalue weighted by atomic mass is 10.1. The molecule has 0 saturated heterocycles. The molecule has 0 amide bonds. The van der Waals surface area contributed by atoms with Crippen molar-refractivity contribution in [1.82, 2.24) is 0 Å². The molecule has 0 bridgehead atoms. The summed E-state index contributed by atoms with van der Waals surface area (Å²) in [5.74, 6) is 0.530. The van der Waals surface area contributed by atoms with Crippen LogP contribution >= 0.6 is 34.4 Å². The summed E-state index contributed by atoms with van der Waals surface area (Å²) in [5.41, 5.74) is 1.72. The molecule has 118 valence electrons. The molecule has 4 aromatic rings. The molecule has 4 heteroatoms. The maximum absolute atomic E-state index is 13.3. The van der Waals surface area contributed by atoms with Crippen molar-refractivity contribution in [3.8, 4) is 11.3 Å². The summed E-state index contributed by atoms with van der Waals surface area (Å²) in [6.07, 6.45) is 0. The Bertz CT molecular complexity index is 994. The van der Waals surface area contributed by atoms with Crippen LogP contribution in [0.4, 0.5) is 4.39 Å². The first-order valence-electron chi connectivity index (χ1n) is 7.41. The van der Waals surface area contributed by atoms with Crippen LogP contribution in [0.1, 0.15) is 0 Å². The normalized spacial score (nSPS) is 11.1.